The molecule has 1 aliphatic heterocycles. The van der Waals surface area contributed by atoms with Gasteiger partial charge >= 0.3 is 5.97 Å². The predicted molar refractivity (Wildman–Crippen MR) is 180 cm³/mol. The third-order valence-corrected chi connectivity index (χ3v) is 8.29. The SMILES string of the molecule is CC#C[C@@H](CC(=O)O)c1ccc(OCc2ccc(CN3CC=C(c4ccc(OCCCS(C)(=O)=O)cc4)CC3)cc2)cc1.S. The first-order valence-corrected chi connectivity index (χ1v) is 16.5. The third kappa shape index (κ3) is 11.4. The average molecular weight is 636 g/mol. The topological polar surface area (TPSA) is 93.1 Å². The first-order chi connectivity index (χ1) is 20.7. The maximum Gasteiger partial charge on any atom is 0.304 e. The number of benzene rings is 3. The molecule has 0 unspecified atom stereocenters. The summed E-state index contributed by atoms with van der Waals surface area (Å²) in [4.78, 5) is 13.6. The van der Waals surface area contributed by atoms with Crippen LogP contribution in [0.4, 0.5) is 0 Å². The van der Waals surface area contributed by atoms with Crippen LogP contribution in [0, 0.1) is 11.8 Å². The Morgan fingerprint density at radius 1 is 0.955 bits per heavy atom. The van der Waals surface area contributed by atoms with Gasteiger partial charge in [0.2, 0.25) is 0 Å². The lowest BCUT2D eigenvalue weighted by Crippen LogP contribution is -2.28. The van der Waals surface area contributed by atoms with Gasteiger partial charge in [0, 0.05) is 25.9 Å². The Bertz CT molecular complexity index is 1550. The molecule has 4 rings (SSSR count). The fourth-order valence-corrected chi connectivity index (χ4v) is 5.60. The molecule has 7 nitrogen and oxygen atoms in total. The van der Waals surface area contributed by atoms with Crippen molar-refractivity contribution in [3.63, 3.8) is 0 Å². The molecule has 9 heteroatoms. The van der Waals surface area contributed by atoms with Gasteiger partial charge in [0.1, 0.15) is 27.9 Å². The minimum atomic E-state index is -2.96. The molecule has 3 aromatic rings. The first-order valence-electron chi connectivity index (χ1n) is 14.5. The lowest BCUT2D eigenvalue weighted by atomic mass is 9.96. The summed E-state index contributed by atoms with van der Waals surface area (Å²) in [6.45, 7) is 5.30. The van der Waals surface area contributed by atoms with Crippen molar-refractivity contribution < 1.29 is 27.8 Å². The molecule has 0 saturated carbocycles. The summed E-state index contributed by atoms with van der Waals surface area (Å²) in [5.41, 5.74) is 5.73. The largest absolute Gasteiger partial charge is 0.494 e. The number of carbonyl (C=O) groups is 1. The zero-order chi connectivity index (χ0) is 30.7. The Hall–Kier alpha value is -3.71. The van der Waals surface area contributed by atoms with E-state index in [2.05, 4.69) is 59.2 Å². The molecular formula is C35H41NO6S2. The van der Waals surface area contributed by atoms with Crippen LogP contribution in [0.15, 0.2) is 78.9 Å². The van der Waals surface area contributed by atoms with E-state index in [0.29, 0.717) is 19.6 Å². The van der Waals surface area contributed by atoms with E-state index in [1.807, 2.05) is 36.4 Å². The fraction of sp³-hybridized carbons (Fsp3) is 0.343. The van der Waals surface area contributed by atoms with Crippen molar-refractivity contribution in [1.29, 1.82) is 0 Å². The van der Waals surface area contributed by atoms with Gasteiger partial charge in [0.15, 0.2) is 0 Å². The molecule has 0 aromatic heterocycles. The molecule has 0 amide bonds. The third-order valence-electron chi connectivity index (χ3n) is 7.26. The second-order valence-corrected chi connectivity index (χ2v) is 13.0. The maximum absolute atomic E-state index is 11.2. The predicted octanol–water partition coefficient (Wildman–Crippen LogP) is 6.06. The lowest BCUT2D eigenvalue weighted by molar-refractivity contribution is -0.137. The molecule has 44 heavy (non-hydrogen) atoms. The number of aliphatic carboxylic acids is 1. The Labute approximate surface area is 268 Å². The van der Waals surface area contributed by atoms with Crippen LogP contribution in [-0.4, -0.2) is 56.1 Å². The van der Waals surface area contributed by atoms with Crippen molar-refractivity contribution in [3.05, 3.63) is 101 Å². The maximum atomic E-state index is 11.2. The minimum Gasteiger partial charge on any atom is -0.494 e. The molecule has 234 valence electrons. The van der Waals surface area contributed by atoms with Gasteiger partial charge in [-0.05, 0) is 71.9 Å². The molecule has 0 fully saturated rings. The van der Waals surface area contributed by atoms with Crippen LogP contribution < -0.4 is 9.47 Å². The van der Waals surface area contributed by atoms with Gasteiger partial charge in [0.05, 0.1) is 24.7 Å². The second-order valence-electron chi connectivity index (χ2n) is 10.8. The molecule has 0 aliphatic carbocycles. The van der Waals surface area contributed by atoms with Gasteiger partial charge in [-0.3, -0.25) is 9.69 Å². The van der Waals surface area contributed by atoms with E-state index in [1.165, 1.54) is 23.0 Å². The van der Waals surface area contributed by atoms with Crippen LogP contribution in [0.3, 0.4) is 0 Å². The highest BCUT2D eigenvalue weighted by atomic mass is 32.2. The van der Waals surface area contributed by atoms with Crippen LogP contribution in [0.5, 0.6) is 11.5 Å². The number of carboxylic acids is 1. The van der Waals surface area contributed by atoms with Crippen molar-refractivity contribution in [2.24, 2.45) is 0 Å². The van der Waals surface area contributed by atoms with Crippen LogP contribution in [-0.2, 0) is 27.8 Å². The van der Waals surface area contributed by atoms with Crippen LogP contribution in [0.25, 0.3) is 5.57 Å². The van der Waals surface area contributed by atoms with E-state index in [4.69, 9.17) is 14.6 Å². The van der Waals surface area contributed by atoms with Gasteiger partial charge in [-0.15, -0.1) is 5.92 Å². The first kappa shape index (κ1) is 34.8. The van der Waals surface area contributed by atoms with Crippen molar-refractivity contribution >= 4 is 34.9 Å². The second kappa shape index (κ2) is 17.0. The van der Waals surface area contributed by atoms with E-state index in [-0.39, 0.29) is 31.6 Å². The minimum absolute atomic E-state index is 0. The van der Waals surface area contributed by atoms with Crippen molar-refractivity contribution in [3.8, 4) is 23.3 Å². The van der Waals surface area contributed by atoms with E-state index in [9.17, 15) is 13.2 Å². The molecule has 0 saturated heterocycles. The molecule has 1 heterocycles. The smallest absolute Gasteiger partial charge is 0.304 e. The Kier molecular flexibility index (Phi) is 13.4. The van der Waals surface area contributed by atoms with Crippen LogP contribution in [0.1, 0.15) is 54.4 Å². The summed E-state index contributed by atoms with van der Waals surface area (Å²) in [7, 11) is -2.96. The standard InChI is InChI=1S/C35H39NO6S.H2S/c1-3-5-32(24-35(37)38)30-12-16-34(17-13-30)42-26-28-8-6-27(7-9-28)25-36-20-18-31(19-21-36)29-10-14-33(15-11-29)41-22-4-23-43(2,39)40;/h6-18,32H,4,19-26H2,1-2H3,(H,37,38);1H2/t32-;/m0./s1. The quantitative estimate of drug-likeness (QED) is 0.170. The highest BCUT2D eigenvalue weighted by Gasteiger charge is 2.15. The summed E-state index contributed by atoms with van der Waals surface area (Å²) in [5, 5.41) is 9.14. The number of hydrogen-bond donors (Lipinski definition) is 1. The molecule has 1 atom stereocenters. The summed E-state index contributed by atoms with van der Waals surface area (Å²) >= 11 is 0. The number of hydrogen-bond acceptors (Lipinski definition) is 6. The number of rotatable bonds is 14. The number of nitrogens with zero attached hydrogens (tertiary/aromatic N) is 1. The molecule has 0 spiro atoms. The summed E-state index contributed by atoms with van der Waals surface area (Å²) in [6.07, 6.45) is 4.97. The zero-order valence-electron chi connectivity index (χ0n) is 25.3. The van der Waals surface area contributed by atoms with Crippen molar-refractivity contribution in [2.75, 3.05) is 31.7 Å². The van der Waals surface area contributed by atoms with Crippen molar-refractivity contribution in [2.45, 2.75) is 45.3 Å². The van der Waals surface area contributed by atoms with E-state index in [0.717, 1.165) is 48.7 Å². The number of ether oxygens (including phenoxy) is 2. The summed E-state index contributed by atoms with van der Waals surface area (Å²) in [5.74, 6) is 6.21. The molecule has 1 aliphatic rings. The molecule has 3 aromatic carbocycles. The van der Waals surface area contributed by atoms with Gasteiger partial charge in [-0.25, -0.2) is 8.42 Å². The van der Waals surface area contributed by atoms with E-state index < -0.39 is 15.8 Å². The average Bonchev–Trinajstić information content (AvgIpc) is 2.99. The van der Waals surface area contributed by atoms with Gasteiger partial charge < -0.3 is 14.6 Å². The Balaban J connectivity index is 0.00000529. The van der Waals surface area contributed by atoms with Gasteiger partial charge in [0.25, 0.3) is 0 Å². The molecule has 1 N–H and O–H groups in total. The van der Waals surface area contributed by atoms with Gasteiger partial charge in [-0.2, -0.15) is 13.5 Å². The molecule has 0 radical (unpaired) electrons. The molecular weight excluding hydrogens is 595 g/mol. The molecule has 0 bridgehead atoms. The zero-order valence-corrected chi connectivity index (χ0v) is 27.1. The van der Waals surface area contributed by atoms with E-state index >= 15 is 0 Å². The van der Waals surface area contributed by atoms with Gasteiger partial charge in [-0.1, -0.05) is 60.5 Å². The monoisotopic (exact) mass is 635 g/mol. The van der Waals surface area contributed by atoms with Crippen molar-refractivity contribution in [1.82, 2.24) is 4.90 Å². The summed E-state index contributed by atoms with van der Waals surface area (Å²) in [6, 6.07) is 24.0. The highest BCUT2D eigenvalue weighted by molar-refractivity contribution is 7.90. The van der Waals surface area contributed by atoms with Crippen LogP contribution >= 0.6 is 13.5 Å². The van der Waals surface area contributed by atoms with Crippen LogP contribution in [0.2, 0.25) is 0 Å². The Morgan fingerprint density at radius 2 is 1.59 bits per heavy atom. The lowest BCUT2D eigenvalue weighted by Gasteiger charge is -2.26. The number of sulfone groups is 1. The highest BCUT2D eigenvalue weighted by Crippen LogP contribution is 2.26. The fourth-order valence-electron chi connectivity index (χ4n) is 4.96. The summed E-state index contributed by atoms with van der Waals surface area (Å²) < 4.78 is 34.1. The number of carboxylic acid groups (broad SMARTS) is 1. The van der Waals surface area contributed by atoms with E-state index in [1.54, 1.807) is 6.92 Å². The Morgan fingerprint density at radius 3 is 2.18 bits per heavy atom. The normalized spacial score (nSPS) is 13.9.